The van der Waals surface area contributed by atoms with Gasteiger partial charge in [0.2, 0.25) is 0 Å². The zero-order chi connectivity index (χ0) is 14.9. The first kappa shape index (κ1) is 15.1. The first-order valence-corrected chi connectivity index (χ1v) is 7.57. The first-order chi connectivity index (χ1) is 9.32. The molecule has 4 heteroatoms. The fourth-order valence-electron chi connectivity index (χ4n) is 3.48. The molecule has 112 valence electrons. The first-order valence-electron chi connectivity index (χ1n) is 7.57. The minimum atomic E-state index is -0.636. The Morgan fingerprint density at radius 3 is 2.80 bits per heavy atom. The maximum Gasteiger partial charge on any atom is 0.306 e. The number of aromatic nitrogens is 2. The van der Waals surface area contributed by atoms with Crippen molar-refractivity contribution >= 4 is 5.97 Å². The van der Waals surface area contributed by atoms with Crippen LogP contribution in [0.25, 0.3) is 0 Å². The van der Waals surface area contributed by atoms with Gasteiger partial charge in [0.15, 0.2) is 0 Å². The second-order valence-corrected chi connectivity index (χ2v) is 6.92. The van der Waals surface area contributed by atoms with Crippen LogP contribution in [0.15, 0.2) is 6.07 Å². The van der Waals surface area contributed by atoms with Gasteiger partial charge >= 0.3 is 5.97 Å². The average Bonchev–Trinajstić information content (AvgIpc) is 2.69. The van der Waals surface area contributed by atoms with Crippen molar-refractivity contribution in [2.75, 3.05) is 0 Å². The molecule has 0 aliphatic heterocycles. The zero-order valence-electron chi connectivity index (χ0n) is 13.0. The number of nitrogens with zero attached hydrogens (tertiary/aromatic N) is 2. The Bertz CT molecular complexity index is 491. The molecule has 1 N–H and O–H groups in total. The van der Waals surface area contributed by atoms with Gasteiger partial charge in [0.25, 0.3) is 0 Å². The largest absolute Gasteiger partial charge is 0.481 e. The third-order valence-corrected chi connectivity index (χ3v) is 4.69. The van der Waals surface area contributed by atoms with Gasteiger partial charge in [-0.3, -0.25) is 9.48 Å². The van der Waals surface area contributed by atoms with Crippen LogP contribution in [0.4, 0.5) is 0 Å². The van der Waals surface area contributed by atoms with Crippen LogP contribution in [0.2, 0.25) is 0 Å². The van der Waals surface area contributed by atoms with E-state index in [1.165, 1.54) is 0 Å². The highest BCUT2D eigenvalue weighted by molar-refractivity contribution is 5.70. The van der Waals surface area contributed by atoms with Crippen LogP contribution in [0.1, 0.15) is 51.4 Å². The molecule has 1 fully saturated rings. The number of carbonyl (C=O) groups is 1. The summed E-state index contributed by atoms with van der Waals surface area (Å²) in [5, 5.41) is 13.9. The van der Waals surface area contributed by atoms with Gasteiger partial charge in [-0.1, -0.05) is 20.8 Å². The molecule has 0 spiro atoms. The molecule has 1 aliphatic rings. The fourth-order valence-corrected chi connectivity index (χ4v) is 3.48. The summed E-state index contributed by atoms with van der Waals surface area (Å²) < 4.78 is 1.92. The van der Waals surface area contributed by atoms with Crippen molar-refractivity contribution in [3.05, 3.63) is 17.5 Å². The molecule has 0 radical (unpaired) electrons. The Hall–Kier alpha value is -1.32. The third-order valence-electron chi connectivity index (χ3n) is 4.69. The molecule has 1 aromatic rings. The Balaban J connectivity index is 2.18. The molecule has 0 amide bonds. The van der Waals surface area contributed by atoms with Crippen molar-refractivity contribution in [1.29, 1.82) is 0 Å². The Kier molecular flexibility index (Phi) is 4.21. The molecule has 0 saturated heterocycles. The Labute approximate surface area is 121 Å². The minimum absolute atomic E-state index is 0.206. The summed E-state index contributed by atoms with van der Waals surface area (Å²) in [6.07, 6.45) is 4.53. The number of carboxylic acids is 1. The van der Waals surface area contributed by atoms with Crippen LogP contribution in [-0.2, 0) is 24.7 Å². The van der Waals surface area contributed by atoms with E-state index in [1.807, 2.05) is 11.7 Å². The lowest BCUT2D eigenvalue weighted by Gasteiger charge is -2.39. The van der Waals surface area contributed by atoms with E-state index in [-0.39, 0.29) is 17.3 Å². The third kappa shape index (κ3) is 3.22. The van der Waals surface area contributed by atoms with Gasteiger partial charge in [-0.2, -0.15) is 5.10 Å². The quantitative estimate of drug-likeness (QED) is 0.921. The molecule has 1 heterocycles. The number of rotatable bonds is 4. The standard InChI is InChI=1S/C16H26N2O2/c1-5-12-9-13(18(4)17-12)8-11-10-16(2,3)7-6-14(11)15(19)20/h9,11,14H,5-8,10H2,1-4H3,(H,19,20). The lowest BCUT2D eigenvalue weighted by atomic mass is 9.66. The van der Waals surface area contributed by atoms with Crippen molar-refractivity contribution in [3.63, 3.8) is 0 Å². The predicted octanol–water partition coefficient (Wildman–Crippen LogP) is 3.05. The zero-order valence-corrected chi connectivity index (χ0v) is 13.0. The molecule has 1 aromatic heterocycles. The number of hydrogen-bond donors (Lipinski definition) is 1. The van der Waals surface area contributed by atoms with E-state index in [1.54, 1.807) is 0 Å². The van der Waals surface area contributed by atoms with Crippen molar-refractivity contribution in [1.82, 2.24) is 9.78 Å². The molecule has 1 saturated carbocycles. The highest BCUT2D eigenvalue weighted by atomic mass is 16.4. The van der Waals surface area contributed by atoms with Crippen LogP contribution >= 0.6 is 0 Å². The summed E-state index contributed by atoms with van der Waals surface area (Å²) in [6, 6.07) is 2.13. The summed E-state index contributed by atoms with van der Waals surface area (Å²) in [7, 11) is 1.96. The second-order valence-electron chi connectivity index (χ2n) is 6.92. The van der Waals surface area contributed by atoms with Gasteiger partial charge in [0.05, 0.1) is 11.6 Å². The molecular formula is C16H26N2O2. The normalized spacial score (nSPS) is 25.6. The molecule has 2 rings (SSSR count). The van der Waals surface area contributed by atoms with Gasteiger partial charge in [-0.05, 0) is 49.5 Å². The molecule has 20 heavy (non-hydrogen) atoms. The van der Waals surface area contributed by atoms with E-state index in [4.69, 9.17) is 0 Å². The van der Waals surface area contributed by atoms with E-state index in [0.717, 1.165) is 43.5 Å². The van der Waals surface area contributed by atoms with Crippen molar-refractivity contribution in [2.24, 2.45) is 24.3 Å². The monoisotopic (exact) mass is 278 g/mol. The summed E-state index contributed by atoms with van der Waals surface area (Å²) in [5.74, 6) is -0.622. The smallest absolute Gasteiger partial charge is 0.306 e. The van der Waals surface area contributed by atoms with Crippen LogP contribution in [0.3, 0.4) is 0 Å². The molecule has 1 aliphatic carbocycles. The molecule has 4 nitrogen and oxygen atoms in total. The maximum absolute atomic E-state index is 11.5. The van der Waals surface area contributed by atoms with Crippen molar-refractivity contribution in [2.45, 2.75) is 52.9 Å². The van der Waals surface area contributed by atoms with Gasteiger partial charge in [-0.15, -0.1) is 0 Å². The van der Waals surface area contributed by atoms with Crippen molar-refractivity contribution in [3.8, 4) is 0 Å². The average molecular weight is 278 g/mol. The van der Waals surface area contributed by atoms with Gasteiger partial charge < -0.3 is 5.11 Å². The summed E-state index contributed by atoms with van der Waals surface area (Å²) in [4.78, 5) is 11.5. The lowest BCUT2D eigenvalue weighted by Crippen LogP contribution is -2.35. The SMILES string of the molecule is CCc1cc(CC2CC(C)(C)CCC2C(=O)O)n(C)n1. The van der Waals surface area contributed by atoms with E-state index < -0.39 is 5.97 Å². The second kappa shape index (κ2) is 5.58. The van der Waals surface area contributed by atoms with Crippen LogP contribution in [-0.4, -0.2) is 20.9 Å². The van der Waals surface area contributed by atoms with Crippen LogP contribution in [0.5, 0.6) is 0 Å². The van der Waals surface area contributed by atoms with E-state index in [2.05, 4.69) is 31.9 Å². The summed E-state index contributed by atoms with van der Waals surface area (Å²) in [5.41, 5.74) is 2.50. The number of aryl methyl sites for hydroxylation is 2. The molecule has 2 unspecified atom stereocenters. The van der Waals surface area contributed by atoms with Crippen LogP contribution < -0.4 is 0 Å². The number of carboxylic acid groups (broad SMARTS) is 1. The van der Waals surface area contributed by atoms with E-state index in [9.17, 15) is 9.90 Å². The maximum atomic E-state index is 11.5. The van der Waals surface area contributed by atoms with Gasteiger partial charge in [-0.25, -0.2) is 0 Å². The minimum Gasteiger partial charge on any atom is -0.481 e. The fraction of sp³-hybridized carbons (Fsp3) is 0.750. The Morgan fingerprint density at radius 1 is 1.55 bits per heavy atom. The van der Waals surface area contributed by atoms with E-state index >= 15 is 0 Å². The molecule has 0 aromatic carbocycles. The summed E-state index contributed by atoms with van der Waals surface area (Å²) in [6.45, 7) is 6.59. The summed E-state index contributed by atoms with van der Waals surface area (Å²) >= 11 is 0. The van der Waals surface area contributed by atoms with Crippen LogP contribution in [0, 0.1) is 17.3 Å². The number of aliphatic carboxylic acids is 1. The molecular weight excluding hydrogens is 252 g/mol. The topological polar surface area (TPSA) is 55.1 Å². The molecule has 0 bridgehead atoms. The van der Waals surface area contributed by atoms with Gasteiger partial charge in [0.1, 0.15) is 0 Å². The highest BCUT2D eigenvalue weighted by Crippen LogP contribution is 2.43. The predicted molar refractivity (Wildman–Crippen MR) is 78.5 cm³/mol. The van der Waals surface area contributed by atoms with E-state index in [0.29, 0.717) is 0 Å². The highest BCUT2D eigenvalue weighted by Gasteiger charge is 2.38. The van der Waals surface area contributed by atoms with Crippen molar-refractivity contribution < 1.29 is 9.90 Å². The molecule has 2 atom stereocenters. The number of hydrogen-bond acceptors (Lipinski definition) is 2. The van der Waals surface area contributed by atoms with Gasteiger partial charge in [0, 0.05) is 12.7 Å². The lowest BCUT2D eigenvalue weighted by molar-refractivity contribution is -0.146. The Morgan fingerprint density at radius 2 is 2.25 bits per heavy atom.